The Bertz CT molecular complexity index is 1230. The maximum absolute atomic E-state index is 13.2. The van der Waals surface area contributed by atoms with Crippen LogP contribution in [-0.4, -0.2) is 20.6 Å². The Hall–Kier alpha value is -3.44. The second-order valence-corrected chi connectivity index (χ2v) is 6.39. The molecule has 132 valence electrons. The fourth-order valence-electron chi connectivity index (χ4n) is 2.94. The Balaban J connectivity index is 2.08. The van der Waals surface area contributed by atoms with Gasteiger partial charge in [0.05, 0.1) is 22.2 Å². The molecule has 0 atom stereocenters. The molecule has 0 saturated carbocycles. The van der Waals surface area contributed by atoms with E-state index in [0.717, 1.165) is 0 Å². The van der Waals surface area contributed by atoms with Crippen LogP contribution in [0.3, 0.4) is 0 Å². The third-order valence-corrected chi connectivity index (χ3v) is 4.48. The van der Waals surface area contributed by atoms with E-state index in [1.54, 1.807) is 54.6 Å². The van der Waals surface area contributed by atoms with Crippen molar-refractivity contribution in [2.45, 2.75) is 0 Å². The summed E-state index contributed by atoms with van der Waals surface area (Å²) >= 11 is 5.98. The predicted molar refractivity (Wildman–Crippen MR) is 105 cm³/mol. The SMILES string of the molecule is O=C(O)c1cccc(-n2c(-c3ccc(Cl)cc3)nc3ccccc3c2=O)c1. The standard InChI is InChI=1S/C21H13ClN2O3/c22-15-10-8-13(9-11-15)19-23-18-7-2-1-6-17(18)20(25)24(19)16-5-3-4-14(12-16)21(26)27/h1-12H,(H,26,27). The number of carboxylic acid groups (broad SMARTS) is 1. The zero-order valence-corrected chi connectivity index (χ0v) is 14.7. The Morgan fingerprint density at radius 2 is 1.70 bits per heavy atom. The first-order valence-corrected chi connectivity index (χ1v) is 8.54. The second-order valence-electron chi connectivity index (χ2n) is 5.96. The first-order chi connectivity index (χ1) is 13.0. The van der Waals surface area contributed by atoms with E-state index < -0.39 is 5.97 Å². The van der Waals surface area contributed by atoms with Crippen LogP contribution in [0.15, 0.2) is 77.6 Å². The molecule has 4 aromatic rings. The van der Waals surface area contributed by atoms with Gasteiger partial charge in [-0.25, -0.2) is 9.78 Å². The van der Waals surface area contributed by atoms with Crippen LogP contribution in [0.1, 0.15) is 10.4 Å². The summed E-state index contributed by atoms with van der Waals surface area (Å²) in [4.78, 5) is 29.2. The van der Waals surface area contributed by atoms with Crippen molar-refractivity contribution in [1.29, 1.82) is 0 Å². The summed E-state index contributed by atoms with van der Waals surface area (Å²) in [6.45, 7) is 0. The molecule has 0 bridgehead atoms. The van der Waals surface area contributed by atoms with Gasteiger partial charge in [-0.3, -0.25) is 9.36 Å². The van der Waals surface area contributed by atoms with Gasteiger partial charge in [0.2, 0.25) is 0 Å². The van der Waals surface area contributed by atoms with Gasteiger partial charge >= 0.3 is 5.97 Å². The van der Waals surface area contributed by atoms with E-state index in [1.165, 1.54) is 16.7 Å². The molecule has 0 aliphatic carbocycles. The van der Waals surface area contributed by atoms with Crippen molar-refractivity contribution in [3.05, 3.63) is 93.7 Å². The lowest BCUT2D eigenvalue weighted by atomic mass is 10.1. The number of aromatic carboxylic acids is 1. The number of halogens is 1. The van der Waals surface area contributed by atoms with Crippen molar-refractivity contribution >= 4 is 28.5 Å². The Morgan fingerprint density at radius 3 is 2.44 bits per heavy atom. The summed E-state index contributed by atoms with van der Waals surface area (Å²) in [6, 6.07) is 20.3. The normalized spacial score (nSPS) is 10.9. The van der Waals surface area contributed by atoms with Crippen molar-refractivity contribution in [2.24, 2.45) is 0 Å². The molecule has 0 saturated heterocycles. The number of carbonyl (C=O) groups is 1. The van der Waals surface area contributed by atoms with Gasteiger partial charge in [0, 0.05) is 10.6 Å². The fourth-order valence-corrected chi connectivity index (χ4v) is 3.07. The quantitative estimate of drug-likeness (QED) is 0.575. The number of benzene rings is 3. The molecule has 0 fully saturated rings. The van der Waals surface area contributed by atoms with Gasteiger partial charge in [-0.05, 0) is 54.6 Å². The number of carboxylic acids is 1. The predicted octanol–water partition coefficient (Wildman–Crippen LogP) is 4.40. The highest BCUT2D eigenvalue weighted by atomic mass is 35.5. The second kappa shape index (κ2) is 6.70. The molecule has 1 heterocycles. The van der Waals surface area contributed by atoms with Crippen LogP contribution in [0.4, 0.5) is 0 Å². The number of hydrogen-bond donors (Lipinski definition) is 1. The van der Waals surface area contributed by atoms with Gasteiger partial charge in [0.15, 0.2) is 0 Å². The first-order valence-electron chi connectivity index (χ1n) is 8.16. The molecule has 0 aliphatic heterocycles. The first kappa shape index (κ1) is 17.0. The minimum atomic E-state index is -1.06. The minimum absolute atomic E-state index is 0.0922. The minimum Gasteiger partial charge on any atom is -0.478 e. The van der Waals surface area contributed by atoms with Crippen LogP contribution in [0.2, 0.25) is 5.02 Å². The smallest absolute Gasteiger partial charge is 0.335 e. The molecule has 5 nitrogen and oxygen atoms in total. The van der Waals surface area contributed by atoms with E-state index in [2.05, 4.69) is 4.98 Å². The van der Waals surface area contributed by atoms with E-state index in [1.807, 2.05) is 6.07 Å². The third kappa shape index (κ3) is 3.09. The van der Waals surface area contributed by atoms with E-state index in [4.69, 9.17) is 11.6 Å². The van der Waals surface area contributed by atoms with Gasteiger partial charge in [0.25, 0.3) is 5.56 Å². The van der Waals surface area contributed by atoms with Crippen molar-refractivity contribution in [1.82, 2.24) is 9.55 Å². The Labute approximate surface area is 159 Å². The van der Waals surface area contributed by atoms with Crippen molar-refractivity contribution in [3.63, 3.8) is 0 Å². The van der Waals surface area contributed by atoms with Crippen LogP contribution < -0.4 is 5.56 Å². The summed E-state index contributed by atoms with van der Waals surface area (Å²) in [7, 11) is 0. The highest BCUT2D eigenvalue weighted by Gasteiger charge is 2.15. The van der Waals surface area contributed by atoms with E-state index in [0.29, 0.717) is 33.0 Å². The Morgan fingerprint density at radius 1 is 0.963 bits per heavy atom. The average Bonchev–Trinajstić information content (AvgIpc) is 2.68. The molecule has 1 N–H and O–H groups in total. The number of hydrogen-bond acceptors (Lipinski definition) is 3. The maximum atomic E-state index is 13.2. The average molecular weight is 377 g/mol. The number of rotatable bonds is 3. The monoisotopic (exact) mass is 376 g/mol. The zero-order valence-electron chi connectivity index (χ0n) is 14.0. The lowest BCUT2D eigenvalue weighted by Gasteiger charge is -2.14. The van der Waals surface area contributed by atoms with Crippen LogP contribution in [0, 0.1) is 0 Å². The molecule has 0 spiro atoms. The van der Waals surface area contributed by atoms with Crippen molar-refractivity contribution < 1.29 is 9.90 Å². The highest BCUT2D eigenvalue weighted by Crippen LogP contribution is 2.24. The lowest BCUT2D eigenvalue weighted by molar-refractivity contribution is 0.0697. The number of nitrogens with zero attached hydrogens (tertiary/aromatic N) is 2. The van der Waals surface area contributed by atoms with Gasteiger partial charge in [0.1, 0.15) is 5.82 Å². The van der Waals surface area contributed by atoms with E-state index in [9.17, 15) is 14.7 Å². The molecule has 27 heavy (non-hydrogen) atoms. The lowest BCUT2D eigenvalue weighted by Crippen LogP contribution is -2.22. The number of aromatic nitrogens is 2. The fraction of sp³-hybridized carbons (Fsp3) is 0. The third-order valence-electron chi connectivity index (χ3n) is 4.23. The van der Waals surface area contributed by atoms with Crippen molar-refractivity contribution in [3.8, 4) is 17.1 Å². The molecule has 0 radical (unpaired) electrons. The molecule has 3 aromatic carbocycles. The van der Waals surface area contributed by atoms with Gasteiger partial charge in [-0.2, -0.15) is 0 Å². The Kier molecular flexibility index (Phi) is 4.22. The van der Waals surface area contributed by atoms with Crippen LogP contribution >= 0.6 is 11.6 Å². The van der Waals surface area contributed by atoms with Crippen LogP contribution in [-0.2, 0) is 0 Å². The molecule has 6 heteroatoms. The maximum Gasteiger partial charge on any atom is 0.335 e. The molecule has 1 aromatic heterocycles. The van der Waals surface area contributed by atoms with Gasteiger partial charge < -0.3 is 5.11 Å². The molecular formula is C21H13ClN2O3. The van der Waals surface area contributed by atoms with E-state index in [-0.39, 0.29) is 11.1 Å². The summed E-state index contributed by atoms with van der Waals surface area (Å²) < 4.78 is 1.43. The highest BCUT2D eigenvalue weighted by molar-refractivity contribution is 6.30. The molecular weight excluding hydrogens is 364 g/mol. The summed E-state index contributed by atoms with van der Waals surface area (Å²) in [5.41, 5.74) is 1.52. The van der Waals surface area contributed by atoms with Gasteiger partial charge in [-0.15, -0.1) is 0 Å². The topological polar surface area (TPSA) is 72.2 Å². The molecule has 4 rings (SSSR count). The van der Waals surface area contributed by atoms with Gasteiger partial charge in [-0.1, -0.05) is 29.8 Å². The summed E-state index contributed by atoms with van der Waals surface area (Å²) in [6.07, 6.45) is 0. The molecule has 0 amide bonds. The largest absolute Gasteiger partial charge is 0.478 e. The number of para-hydroxylation sites is 1. The van der Waals surface area contributed by atoms with E-state index >= 15 is 0 Å². The van der Waals surface area contributed by atoms with Crippen molar-refractivity contribution in [2.75, 3.05) is 0 Å². The summed E-state index contributed by atoms with van der Waals surface area (Å²) in [5.74, 6) is -0.649. The summed E-state index contributed by atoms with van der Waals surface area (Å²) in [5, 5.41) is 10.3. The molecule has 0 aliphatic rings. The zero-order chi connectivity index (χ0) is 19.0. The van der Waals surface area contributed by atoms with Crippen LogP contribution in [0.5, 0.6) is 0 Å². The van der Waals surface area contributed by atoms with Crippen LogP contribution in [0.25, 0.3) is 28.0 Å². The number of fused-ring (bicyclic) bond motifs is 1. The molecule has 0 unspecified atom stereocenters.